The Morgan fingerprint density at radius 2 is 1.43 bits per heavy atom. The molecule has 21 heavy (non-hydrogen) atoms. The maximum absolute atomic E-state index is 2.50. The molecular formula is C21H30. The van der Waals surface area contributed by atoms with Gasteiger partial charge in [0.25, 0.3) is 0 Å². The van der Waals surface area contributed by atoms with Gasteiger partial charge in [0, 0.05) is 0 Å². The molecule has 0 heterocycles. The first kappa shape index (κ1) is 13.9. The van der Waals surface area contributed by atoms with Crippen molar-refractivity contribution in [3.8, 4) is 0 Å². The predicted octanol–water partition coefficient (Wildman–Crippen LogP) is 5.76. The van der Waals surface area contributed by atoms with Crippen molar-refractivity contribution < 1.29 is 0 Å². The van der Waals surface area contributed by atoms with Gasteiger partial charge in [0.15, 0.2) is 0 Å². The zero-order valence-corrected chi connectivity index (χ0v) is 14.2. The highest BCUT2D eigenvalue weighted by atomic mass is 14.6. The van der Waals surface area contributed by atoms with E-state index in [1.807, 2.05) is 0 Å². The summed E-state index contributed by atoms with van der Waals surface area (Å²) in [5, 5.41) is 0. The van der Waals surface area contributed by atoms with Gasteiger partial charge in [-0.2, -0.15) is 0 Å². The maximum Gasteiger partial charge on any atom is -0.00364 e. The SMILES string of the molecule is Cc1cc(C(C)(C)C)ccc1C12CC3CC(CC(C3)C1)C2. The summed E-state index contributed by atoms with van der Waals surface area (Å²) in [5.74, 6) is 3.12. The second kappa shape index (κ2) is 4.37. The lowest BCUT2D eigenvalue weighted by Gasteiger charge is -2.57. The highest BCUT2D eigenvalue weighted by molar-refractivity contribution is 5.40. The number of hydrogen-bond donors (Lipinski definition) is 0. The molecule has 4 bridgehead atoms. The Balaban J connectivity index is 1.73. The van der Waals surface area contributed by atoms with Crippen LogP contribution >= 0.6 is 0 Å². The van der Waals surface area contributed by atoms with Crippen molar-refractivity contribution >= 4 is 0 Å². The fourth-order valence-corrected chi connectivity index (χ4v) is 6.17. The Morgan fingerprint density at radius 3 is 1.86 bits per heavy atom. The van der Waals surface area contributed by atoms with Gasteiger partial charge in [-0.3, -0.25) is 0 Å². The Morgan fingerprint density at radius 1 is 0.905 bits per heavy atom. The van der Waals surface area contributed by atoms with Gasteiger partial charge in [0.05, 0.1) is 0 Å². The first-order valence-electron chi connectivity index (χ1n) is 8.97. The molecule has 0 spiro atoms. The van der Waals surface area contributed by atoms with E-state index in [9.17, 15) is 0 Å². The van der Waals surface area contributed by atoms with E-state index in [-0.39, 0.29) is 5.41 Å². The summed E-state index contributed by atoms with van der Waals surface area (Å²) in [6.07, 6.45) is 9.06. The van der Waals surface area contributed by atoms with Crippen LogP contribution in [0, 0.1) is 24.7 Å². The molecule has 0 aliphatic heterocycles. The Hall–Kier alpha value is -0.780. The number of aryl methyl sites for hydroxylation is 1. The van der Waals surface area contributed by atoms with Gasteiger partial charge in [-0.15, -0.1) is 0 Å². The molecule has 1 aromatic carbocycles. The second-order valence-corrected chi connectivity index (χ2v) is 9.48. The lowest BCUT2D eigenvalue weighted by Crippen LogP contribution is -2.48. The summed E-state index contributed by atoms with van der Waals surface area (Å²) in [6, 6.07) is 7.40. The van der Waals surface area contributed by atoms with Gasteiger partial charge in [-0.1, -0.05) is 39.0 Å². The van der Waals surface area contributed by atoms with E-state index >= 15 is 0 Å². The van der Waals surface area contributed by atoms with E-state index in [0.29, 0.717) is 5.41 Å². The molecule has 4 aliphatic rings. The predicted molar refractivity (Wildman–Crippen MR) is 89.7 cm³/mol. The van der Waals surface area contributed by atoms with Crippen molar-refractivity contribution in [1.82, 2.24) is 0 Å². The summed E-state index contributed by atoms with van der Waals surface area (Å²) in [7, 11) is 0. The number of hydrogen-bond acceptors (Lipinski definition) is 0. The molecule has 0 amide bonds. The van der Waals surface area contributed by atoms with Crippen LogP contribution in [0.4, 0.5) is 0 Å². The molecule has 4 aliphatic carbocycles. The van der Waals surface area contributed by atoms with E-state index < -0.39 is 0 Å². The van der Waals surface area contributed by atoms with Gasteiger partial charge in [-0.05, 0) is 90.7 Å². The Labute approximate surface area is 130 Å². The Kier molecular flexibility index (Phi) is 2.88. The average Bonchev–Trinajstić information content (AvgIpc) is 2.35. The van der Waals surface area contributed by atoms with Crippen LogP contribution in [0.1, 0.15) is 76.0 Å². The standard InChI is InChI=1S/C21H30/c1-14-7-18(20(2,3)4)5-6-19(14)21-11-15-8-16(12-21)10-17(9-15)13-21/h5-7,15-17H,8-13H2,1-4H3. The molecule has 0 N–H and O–H groups in total. The van der Waals surface area contributed by atoms with Gasteiger partial charge in [-0.25, -0.2) is 0 Å². The second-order valence-electron chi connectivity index (χ2n) is 9.48. The minimum Gasteiger partial charge on any atom is -0.0582 e. The summed E-state index contributed by atoms with van der Waals surface area (Å²) in [5.41, 5.74) is 5.58. The van der Waals surface area contributed by atoms with Crippen LogP contribution in [0.3, 0.4) is 0 Å². The Bertz CT molecular complexity index is 523. The summed E-state index contributed by atoms with van der Waals surface area (Å²) in [4.78, 5) is 0. The van der Waals surface area contributed by atoms with E-state index in [0.717, 1.165) is 17.8 Å². The number of benzene rings is 1. The normalized spacial score (nSPS) is 38.0. The summed E-state index contributed by atoms with van der Waals surface area (Å²) in [6.45, 7) is 9.34. The van der Waals surface area contributed by atoms with E-state index in [1.54, 1.807) is 11.1 Å². The zero-order chi connectivity index (χ0) is 14.8. The van der Waals surface area contributed by atoms with Gasteiger partial charge in [0.1, 0.15) is 0 Å². The first-order valence-corrected chi connectivity index (χ1v) is 8.97. The first-order chi connectivity index (χ1) is 9.86. The molecular weight excluding hydrogens is 252 g/mol. The van der Waals surface area contributed by atoms with Crippen LogP contribution in [-0.4, -0.2) is 0 Å². The fourth-order valence-electron chi connectivity index (χ4n) is 6.17. The van der Waals surface area contributed by atoms with Crippen LogP contribution in [-0.2, 0) is 10.8 Å². The number of rotatable bonds is 1. The molecule has 0 atom stereocenters. The van der Waals surface area contributed by atoms with Gasteiger partial charge < -0.3 is 0 Å². The largest absolute Gasteiger partial charge is 0.0582 e. The molecule has 4 fully saturated rings. The van der Waals surface area contributed by atoms with E-state index in [4.69, 9.17) is 0 Å². The fraction of sp³-hybridized carbons (Fsp3) is 0.714. The van der Waals surface area contributed by atoms with Crippen LogP contribution in [0.25, 0.3) is 0 Å². The van der Waals surface area contributed by atoms with Crippen molar-refractivity contribution in [3.05, 3.63) is 34.9 Å². The minimum atomic E-state index is 0.269. The van der Waals surface area contributed by atoms with E-state index in [2.05, 4.69) is 45.9 Å². The molecule has 5 rings (SSSR count). The third-order valence-electron chi connectivity index (χ3n) is 6.70. The van der Waals surface area contributed by atoms with Crippen molar-refractivity contribution in [3.63, 3.8) is 0 Å². The molecule has 114 valence electrons. The van der Waals surface area contributed by atoms with Crippen molar-refractivity contribution in [2.24, 2.45) is 17.8 Å². The summed E-state index contributed by atoms with van der Waals surface area (Å²) < 4.78 is 0. The van der Waals surface area contributed by atoms with Crippen LogP contribution in [0.5, 0.6) is 0 Å². The van der Waals surface area contributed by atoms with Crippen LogP contribution in [0.2, 0.25) is 0 Å². The molecule has 0 heteroatoms. The van der Waals surface area contributed by atoms with E-state index in [1.165, 1.54) is 44.1 Å². The molecule has 0 unspecified atom stereocenters. The third-order valence-corrected chi connectivity index (χ3v) is 6.70. The molecule has 0 saturated heterocycles. The lowest BCUT2D eigenvalue weighted by atomic mass is 9.47. The monoisotopic (exact) mass is 282 g/mol. The molecule has 4 saturated carbocycles. The molecule has 1 aromatic rings. The average molecular weight is 282 g/mol. The summed E-state index contributed by atoms with van der Waals surface area (Å²) >= 11 is 0. The van der Waals surface area contributed by atoms with Crippen LogP contribution in [0.15, 0.2) is 18.2 Å². The van der Waals surface area contributed by atoms with Crippen molar-refractivity contribution in [2.75, 3.05) is 0 Å². The van der Waals surface area contributed by atoms with Gasteiger partial charge in [0.2, 0.25) is 0 Å². The molecule has 0 aromatic heterocycles. The molecule has 0 radical (unpaired) electrons. The minimum absolute atomic E-state index is 0.269. The van der Waals surface area contributed by atoms with Gasteiger partial charge >= 0.3 is 0 Å². The van der Waals surface area contributed by atoms with Crippen molar-refractivity contribution in [2.45, 2.75) is 77.0 Å². The quantitative estimate of drug-likeness (QED) is 0.614. The molecule has 0 nitrogen and oxygen atoms in total. The maximum atomic E-state index is 2.50. The highest BCUT2D eigenvalue weighted by Crippen LogP contribution is 2.61. The topological polar surface area (TPSA) is 0 Å². The third kappa shape index (κ3) is 2.17. The van der Waals surface area contributed by atoms with Crippen molar-refractivity contribution in [1.29, 1.82) is 0 Å². The zero-order valence-electron chi connectivity index (χ0n) is 14.2. The highest BCUT2D eigenvalue weighted by Gasteiger charge is 2.51. The smallest absolute Gasteiger partial charge is 0.00364 e. The van der Waals surface area contributed by atoms with Crippen LogP contribution < -0.4 is 0 Å². The lowest BCUT2D eigenvalue weighted by molar-refractivity contribution is -0.00547.